The number of hydrogen-bond acceptors (Lipinski definition) is 1. The van der Waals surface area contributed by atoms with Gasteiger partial charge in [0.05, 0.1) is 0 Å². The highest BCUT2D eigenvalue weighted by molar-refractivity contribution is 9.25. The summed E-state index contributed by atoms with van der Waals surface area (Å²) in [5.74, 6) is 0.0530. The normalized spacial score (nSPS) is 25.1. The second-order valence-corrected chi connectivity index (χ2v) is 6.54. The summed E-state index contributed by atoms with van der Waals surface area (Å²) >= 11 is 6.69. The quantitative estimate of drug-likeness (QED) is 0.679. The standard InChI is InChI=1S/C7H11Br2NO/c8-7(9)4-2-1-3-5-10-6(7)11/h1-5H2,(H,10,11). The maximum atomic E-state index is 11.3. The molecular weight excluding hydrogens is 274 g/mol. The fraction of sp³-hybridized carbons (Fsp3) is 0.857. The Morgan fingerprint density at radius 2 is 2.00 bits per heavy atom. The number of hydrogen-bond donors (Lipinski definition) is 1. The van der Waals surface area contributed by atoms with Crippen LogP contribution in [-0.4, -0.2) is 15.7 Å². The van der Waals surface area contributed by atoms with E-state index in [-0.39, 0.29) is 5.91 Å². The highest BCUT2D eigenvalue weighted by atomic mass is 79.9. The van der Waals surface area contributed by atoms with E-state index in [9.17, 15) is 4.79 Å². The Morgan fingerprint density at radius 3 is 2.73 bits per heavy atom. The van der Waals surface area contributed by atoms with Gasteiger partial charge in [-0.2, -0.15) is 0 Å². The first kappa shape index (κ1) is 9.52. The maximum absolute atomic E-state index is 11.3. The van der Waals surface area contributed by atoms with Crippen LogP contribution in [0.4, 0.5) is 0 Å². The number of carbonyl (C=O) groups excluding carboxylic acids is 1. The number of carbonyl (C=O) groups is 1. The Balaban J connectivity index is 2.54. The zero-order valence-corrected chi connectivity index (χ0v) is 9.37. The van der Waals surface area contributed by atoms with Gasteiger partial charge >= 0.3 is 0 Å². The number of halogens is 2. The zero-order valence-electron chi connectivity index (χ0n) is 6.20. The van der Waals surface area contributed by atoms with Gasteiger partial charge in [0.1, 0.15) is 0 Å². The molecule has 0 aromatic rings. The first-order chi connectivity index (χ1) is 5.13. The van der Waals surface area contributed by atoms with E-state index in [0.717, 1.165) is 25.8 Å². The fourth-order valence-corrected chi connectivity index (χ4v) is 1.93. The van der Waals surface area contributed by atoms with Gasteiger partial charge in [-0.3, -0.25) is 4.79 Å². The minimum Gasteiger partial charge on any atom is -0.354 e. The van der Waals surface area contributed by atoms with Gasteiger partial charge in [0.15, 0.2) is 3.23 Å². The van der Waals surface area contributed by atoms with Gasteiger partial charge in [-0.25, -0.2) is 0 Å². The van der Waals surface area contributed by atoms with Crippen LogP contribution in [0.3, 0.4) is 0 Å². The van der Waals surface area contributed by atoms with Crippen LogP contribution >= 0.6 is 31.9 Å². The van der Waals surface area contributed by atoms with Gasteiger partial charge in [0.25, 0.3) is 0 Å². The molecule has 0 bridgehead atoms. The molecule has 0 atom stereocenters. The van der Waals surface area contributed by atoms with Crippen LogP contribution in [-0.2, 0) is 4.79 Å². The molecule has 0 radical (unpaired) electrons. The van der Waals surface area contributed by atoms with Crippen LogP contribution in [0.5, 0.6) is 0 Å². The molecule has 4 heteroatoms. The lowest BCUT2D eigenvalue weighted by Crippen LogP contribution is -2.39. The van der Waals surface area contributed by atoms with Gasteiger partial charge < -0.3 is 5.32 Å². The predicted molar refractivity (Wildman–Crippen MR) is 52.1 cm³/mol. The van der Waals surface area contributed by atoms with Crippen LogP contribution in [0, 0.1) is 0 Å². The first-order valence-corrected chi connectivity index (χ1v) is 5.38. The first-order valence-electron chi connectivity index (χ1n) is 3.79. The molecule has 1 fully saturated rings. The predicted octanol–water partition coefficient (Wildman–Crippen LogP) is 2.16. The molecule has 11 heavy (non-hydrogen) atoms. The minimum absolute atomic E-state index is 0.0530. The summed E-state index contributed by atoms with van der Waals surface area (Å²) in [6.45, 7) is 0.803. The maximum Gasteiger partial charge on any atom is 0.247 e. The van der Waals surface area contributed by atoms with E-state index in [2.05, 4.69) is 37.2 Å². The van der Waals surface area contributed by atoms with Crippen LogP contribution in [0.15, 0.2) is 0 Å². The van der Waals surface area contributed by atoms with Crippen molar-refractivity contribution in [2.45, 2.75) is 28.9 Å². The number of alkyl halides is 2. The summed E-state index contributed by atoms with van der Waals surface area (Å²) in [7, 11) is 0. The molecule has 1 rings (SSSR count). The molecule has 0 spiro atoms. The lowest BCUT2D eigenvalue weighted by molar-refractivity contribution is -0.121. The van der Waals surface area contributed by atoms with Crippen molar-refractivity contribution in [1.29, 1.82) is 0 Å². The van der Waals surface area contributed by atoms with Crippen LogP contribution < -0.4 is 5.32 Å². The molecule has 1 aliphatic rings. The van der Waals surface area contributed by atoms with Crippen molar-refractivity contribution in [2.75, 3.05) is 6.54 Å². The summed E-state index contributed by atoms with van der Waals surface area (Å²) in [6.07, 6.45) is 4.25. The zero-order chi connectivity index (χ0) is 8.32. The molecule has 1 amide bonds. The fourth-order valence-electron chi connectivity index (χ4n) is 1.09. The van der Waals surface area contributed by atoms with E-state index in [0.29, 0.717) is 0 Å². The smallest absolute Gasteiger partial charge is 0.247 e. The van der Waals surface area contributed by atoms with E-state index < -0.39 is 3.23 Å². The SMILES string of the molecule is O=C1NCCCCCC1(Br)Br. The van der Waals surface area contributed by atoms with Gasteiger partial charge in [0, 0.05) is 6.54 Å². The van der Waals surface area contributed by atoms with Crippen LogP contribution in [0.2, 0.25) is 0 Å². The summed E-state index contributed by atoms with van der Waals surface area (Å²) < 4.78 is -0.513. The molecule has 1 N–H and O–H groups in total. The van der Waals surface area contributed by atoms with Crippen LogP contribution in [0.25, 0.3) is 0 Å². The molecule has 0 saturated carbocycles. The van der Waals surface area contributed by atoms with Crippen molar-refractivity contribution in [3.8, 4) is 0 Å². The lowest BCUT2D eigenvalue weighted by atomic mass is 10.1. The molecule has 0 unspecified atom stereocenters. The monoisotopic (exact) mass is 283 g/mol. The van der Waals surface area contributed by atoms with Crippen molar-refractivity contribution in [3.05, 3.63) is 0 Å². The summed E-state index contributed by atoms with van der Waals surface area (Å²) in [5, 5.41) is 2.84. The Labute approximate surface area is 83.4 Å². The highest BCUT2D eigenvalue weighted by Gasteiger charge is 2.32. The van der Waals surface area contributed by atoms with Gasteiger partial charge in [-0.1, -0.05) is 44.7 Å². The third-order valence-electron chi connectivity index (χ3n) is 1.79. The van der Waals surface area contributed by atoms with Crippen molar-refractivity contribution in [2.24, 2.45) is 0 Å². The average molecular weight is 285 g/mol. The van der Waals surface area contributed by atoms with Crippen molar-refractivity contribution < 1.29 is 4.79 Å². The van der Waals surface area contributed by atoms with E-state index >= 15 is 0 Å². The third kappa shape index (κ3) is 2.75. The second kappa shape index (κ2) is 3.90. The average Bonchev–Trinajstić information content (AvgIpc) is 1.93. The summed E-state index contributed by atoms with van der Waals surface area (Å²) in [6, 6.07) is 0. The number of nitrogens with one attached hydrogen (secondary N) is 1. The molecule has 1 aliphatic heterocycles. The highest BCUT2D eigenvalue weighted by Crippen LogP contribution is 2.33. The second-order valence-electron chi connectivity index (χ2n) is 2.77. The Kier molecular flexibility index (Phi) is 3.37. The Morgan fingerprint density at radius 1 is 1.27 bits per heavy atom. The molecule has 64 valence electrons. The van der Waals surface area contributed by atoms with Gasteiger partial charge in [-0.15, -0.1) is 0 Å². The molecule has 0 aliphatic carbocycles. The van der Waals surface area contributed by atoms with E-state index in [1.54, 1.807) is 0 Å². The third-order valence-corrected chi connectivity index (χ3v) is 3.30. The van der Waals surface area contributed by atoms with E-state index in [4.69, 9.17) is 0 Å². The van der Waals surface area contributed by atoms with E-state index in [1.165, 1.54) is 6.42 Å². The van der Waals surface area contributed by atoms with Crippen molar-refractivity contribution >= 4 is 37.8 Å². The number of rotatable bonds is 0. The van der Waals surface area contributed by atoms with Crippen molar-refractivity contribution in [1.82, 2.24) is 5.32 Å². The van der Waals surface area contributed by atoms with Crippen molar-refractivity contribution in [3.63, 3.8) is 0 Å². The van der Waals surface area contributed by atoms with Gasteiger partial charge in [-0.05, 0) is 12.8 Å². The Bertz CT molecular complexity index is 159. The molecule has 0 aromatic heterocycles. The summed E-state index contributed by atoms with van der Waals surface area (Å²) in [5.41, 5.74) is 0. The lowest BCUT2D eigenvalue weighted by Gasteiger charge is -2.22. The number of amides is 1. The molecular formula is C7H11Br2NO. The largest absolute Gasteiger partial charge is 0.354 e. The van der Waals surface area contributed by atoms with Gasteiger partial charge in [0.2, 0.25) is 5.91 Å². The molecule has 1 saturated heterocycles. The Hall–Kier alpha value is 0.430. The molecule has 2 nitrogen and oxygen atoms in total. The molecule has 0 aromatic carbocycles. The van der Waals surface area contributed by atoms with E-state index in [1.807, 2.05) is 0 Å². The molecule has 1 heterocycles. The minimum atomic E-state index is -0.513. The van der Waals surface area contributed by atoms with Crippen LogP contribution in [0.1, 0.15) is 25.7 Å². The summed E-state index contributed by atoms with van der Waals surface area (Å²) in [4.78, 5) is 11.3. The topological polar surface area (TPSA) is 29.1 Å².